The molecule has 1 atom stereocenters. The number of piperazine rings is 1. The van der Waals surface area contributed by atoms with Gasteiger partial charge < -0.3 is 4.90 Å². The fourth-order valence-corrected chi connectivity index (χ4v) is 5.76. The molecule has 2 fully saturated rings. The standard InChI is InChI=1S/C21H23N7OS/c1-13-8-17(24-28-10-14(2)22-20(13)28)16-9-18(29)27-12-19(30-21(27)23-16)26-7-6-25-5-3-4-15(25)11-26/h8-10,12,15H,3-7,11H2,1-2H3/t15-/m1/s1. The van der Waals surface area contributed by atoms with Gasteiger partial charge in [0.15, 0.2) is 10.6 Å². The molecule has 6 heterocycles. The Morgan fingerprint density at radius 2 is 1.97 bits per heavy atom. The molecular formula is C21H23N7OS. The van der Waals surface area contributed by atoms with Gasteiger partial charge in [-0.15, -0.1) is 0 Å². The average Bonchev–Trinajstić information content (AvgIpc) is 3.44. The molecule has 0 bridgehead atoms. The van der Waals surface area contributed by atoms with Crippen molar-refractivity contribution in [2.45, 2.75) is 32.7 Å². The number of nitrogens with zero attached hydrogens (tertiary/aromatic N) is 7. The van der Waals surface area contributed by atoms with Gasteiger partial charge in [-0.25, -0.2) is 14.5 Å². The number of aromatic nitrogens is 5. The van der Waals surface area contributed by atoms with Gasteiger partial charge in [-0.3, -0.25) is 14.1 Å². The van der Waals surface area contributed by atoms with E-state index in [1.165, 1.54) is 19.4 Å². The molecule has 0 unspecified atom stereocenters. The van der Waals surface area contributed by atoms with Crippen molar-refractivity contribution in [2.75, 3.05) is 31.1 Å². The Morgan fingerprint density at radius 3 is 2.87 bits per heavy atom. The van der Waals surface area contributed by atoms with Crippen LogP contribution < -0.4 is 10.5 Å². The molecule has 0 radical (unpaired) electrons. The highest BCUT2D eigenvalue weighted by atomic mass is 32.1. The lowest BCUT2D eigenvalue weighted by Crippen LogP contribution is -2.50. The number of hydrogen-bond acceptors (Lipinski definition) is 7. The van der Waals surface area contributed by atoms with E-state index in [9.17, 15) is 4.79 Å². The summed E-state index contributed by atoms with van der Waals surface area (Å²) in [6, 6.07) is 4.17. The fourth-order valence-electron chi connectivity index (χ4n) is 4.73. The number of rotatable bonds is 2. The van der Waals surface area contributed by atoms with E-state index in [1.807, 2.05) is 32.3 Å². The van der Waals surface area contributed by atoms with Crippen LogP contribution in [0, 0.1) is 13.8 Å². The van der Waals surface area contributed by atoms with Crippen LogP contribution in [-0.2, 0) is 0 Å². The molecule has 0 aliphatic carbocycles. The summed E-state index contributed by atoms with van der Waals surface area (Å²) in [6.07, 6.45) is 6.40. The zero-order chi connectivity index (χ0) is 20.4. The first-order chi connectivity index (χ1) is 14.5. The second kappa shape index (κ2) is 6.61. The third kappa shape index (κ3) is 2.84. The minimum atomic E-state index is -0.0710. The molecule has 30 heavy (non-hydrogen) atoms. The molecule has 4 aromatic heterocycles. The fraction of sp³-hybridized carbons (Fsp3) is 0.429. The van der Waals surface area contributed by atoms with Crippen molar-refractivity contribution in [3.63, 3.8) is 0 Å². The first kappa shape index (κ1) is 18.0. The Bertz CT molecular complexity index is 1340. The van der Waals surface area contributed by atoms with Crippen molar-refractivity contribution in [3.8, 4) is 11.4 Å². The number of thiazole rings is 1. The SMILES string of the molecule is Cc1cn2nc(-c3cc(=O)n4cc(N5CCN6CCC[C@@H]6C5)sc4n3)cc(C)c2n1. The summed E-state index contributed by atoms with van der Waals surface area (Å²) in [4.78, 5) is 27.9. The molecule has 154 valence electrons. The van der Waals surface area contributed by atoms with E-state index in [-0.39, 0.29) is 5.56 Å². The Morgan fingerprint density at radius 1 is 1.07 bits per heavy atom. The summed E-state index contributed by atoms with van der Waals surface area (Å²) in [5, 5.41) is 5.76. The number of hydrogen-bond donors (Lipinski definition) is 0. The smallest absolute Gasteiger partial charge is 0.259 e. The molecule has 0 N–H and O–H groups in total. The lowest BCUT2D eigenvalue weighted by Gasteiger charge is -2.37. The van der Waals surface area contributed by atoms with Crippen molar-refractivity contribution < 1.29 is 0 Å². The van der Waals surface area contributed by atoms with E-state index in [4.69, 9.17) is 4.98 Å². The molecule has 6 rings (SSSR count). The van der Waals surface area contributed by atoms with E-state index in [0.29, 0.717) is 22.4 Å². The van der Waals surface area contributed by atoms with E-state index in [2.05, 4.69) is 19.9 Å². The number of fused-ring (bicyclic) bond motifs is 3. The number of aryl methyl sites for hydroxylation is 2. The molecule has 2 aliphatic rings. The minimum absolute atomic E-state index is 0.0710. The van der Waals surface area contributed by atoms with Gasteiger partial charge in [0, 0.05) is 37.9 Å². The molecule has 2 saturated heterocycles. The van der Waals surface area contributed by atoms with Crippen molar-refractivity contribution in [1.29, 1.82) is 0 Å². The van der Waals surface area contributed by atoms with Crippen LogP contribution in [0.4, 0.5) is 5.00 Å². The monoisotopic (exact) mass is 421 g/mol. The minimum Gasteiger partial charge on any atom is -0.359 e. The topological polar surface area (TPSA) is 71.0 Å². The predicted octanol–water partition coefficient (Wildman–Crippen LogP) is 2.37. The van der Waals surface area contributed by atoms with E-state index in [1.54, 1.807) is 26.3 Å². The molecular weight excluding hydrogens is 398 g/mol. The van der Waals surface area contributed by atoms with Crippen molar-refractivity contribution in [2.24, 2.45) is 0 Å². The van der Waals surface area contributed by atoms with Crippen LogP contribution in [0.25, 0.3) is 22.0 Å². The van der Waals surface area contributed by atoms with Crippen LogP contribution in [0.1, 0.15) is 24.1 Å². The molecule has 4 aromatic rings. The summed E-state index contributed by atoms with van der Waals surface area (Å²) < 4.78 is 3.43. The summed E-state index contributed by atoms with van der Waals surface area (Å²) in [5.41, 5.74) is 3.97. The Balaban J connectivity index is 1.40. The number of anilines is 1. The lowest BCUT2D eigenvalue weighted by molar-refractivity contribution is 0.231. The maximum Gasteiger partial charge on any atom is 0.259 e. The van der Waals surface area contributed by atoms with Crippen molar-refractivity contribution in [1.82, 2.24) is 28.9 Å². The van der Waals surface area contributed by atoms with Gasteiger partial charge in [0.1, 0.15) is 10.7 Å². The summed E-state index contributed by atoms with van der Waals surface area (Å²) in [5.74, 6) is 0. The van der Waals surface area contributed by atoms with Crippen LogP contribution in [0.5, 0.6) is 0 Å². The largest absolute Gasteiger partial charge is 0.359 e. The molecule has 0 amide bonds. The average molecular weight is 422 g/mol. The van der Waals surface area contributed by atoms with Crippen LogP contribution >= 0.6 is 11.3 Å². The van der Waals surface area contributed by atoms with Gasteiger partial charge in [0.25, 0.3) is 5.56 Å². The highest BCUT2D eigenvalue weighted by Gasteiger charge is 2.31. The van der Waals surface area contributed by atoms with Crippen LogP contribution in [0.2, 0.25) is 0 Å². The van der Waals surface area contributed by atoms with Crippen LogP contribution in [-0.4, -0.2) is 61.1 Å². The Kier molecular flexibility index (Phi) is 3.97. The van der Waals surface area contributed by atoms with E-state index in [0.717, 1.165) is 41.5 Å². The summed E-state index contributed by atoms with van der Waals surface area (Å²) in [6.45, 7) is 8.31. The molecule has 0 saturated carbocycles. The van der Waals surface area contributed by atoms with Gasteiger partial charge in [-0.1, -0.05) is 11.3 Å². The predicted molar refractivity (Wildman–Crippen MR) is 118 cm³/mol. The number of imidazole rings is 1. The van der Waals surface area contributed by atoms with Crippen molar-refractivity contribution in [3.05, 3.63) is 46.1 Å². The summed E-state index contributed by atoms with van der Waals surface area (Å²) in [7, 11) is 0. The zero-order valence-electron chi connectivity index (χ0n) is 17.1. The first-order valence-electron chi connectivity index (χ1n) is 10.4. The third-order valence-corrected chi connectivity index (χ3v) is 7.29. The second-order valence-corrected chi connectivity index (χ2v) is 9.33. The van der Waals surface area contributed by atoms with Crippen LogP contribution in [0.15, 0.2) is 29.3 Å². The normalized spacial score (nSPS) is 19.8. The molecule has 2 aliphatic heterocycles. The van der Waals surface area contributed by atoms with E-state index >= 15 is 0 Å². The Labute approximate surface area is 177 Å². The van der Waals surface area contributed by atoms with Crippen LogP contribution in [0.3, 0.4) is 0 Å². The van der Waals surface area contributed by atoms with E-state index < -0.39 is 0 Å². The van der Waals surface area contributed by atoms with Gasteiger partial charge in [-0.2, -0.15) is 5.10 Å². The molecule has 8 nitrogen and oxygen atoms in total. The maximum atomic E-state index is 12.9. The van der Waals surface area contributed by atoms with Gasteiger partial charge in [0.05, 0.1) is 17.6 Å². The highest BCUT2D eigenvalue weighted by molar-refractivity contribution is 7.20. The maximum absolute atomic E-state index is 12.9. The highest BCUT2D eigenvalue weighted by Crippen LogP contribution is 2.30. The molecule has 0 spiro atoms. The van der Waals surface area contributed by atoms with Gasteiger partial charge >= 0.3 is 0 Å². The molecule has 9 heteroatoms. The third-order valence-electron chi connectivity index (χ3n) is 6.25. The molecule has 0 aromatic carbocycles. The second-order valence-electron chi connectivity index (χ2n) is 8.34. The summed E-state index contributed by atoms with van der Waals surface area (Å²) >= 11 is 1.59. The van der Waals surface area contributed by atoms with Gasteiger partial charge in [-0.05, 0) is 44.9 Å². The van der Waals surface area contributed by atoms with Crippen molar-refractivity contribution >= 4 is 26.9 Å². The van der Waals surface area contributed by atoms with Gasteiger partial charge in [0.2, 0.25) is 0 Å². The zero-order valence-corrected chi connectivity index (χ0v) is 17.9. The quantitative estimate of drug-likeness (QED) is 0.495. The lowest BCUT2D eigenvalue weighted by atomic mass is 10.2. The first-order valence-corrected chi connectivity index (χ1v) is 11.2. The Hall–Kier alpha value is -2.78.